The zero-order valence-corrected chi connectivity index (χ0v) is 13.9. The van der Waals surface area contributed by atoms with Crippen molar-refractivity contribution in [1.82, 2.24) is 14.5 Å². The molecule has 2 aromatic heterocycles. The Labute approximate surface area is 141 Å². The quantitative estimate of drug-likeness (QED) is 0.717. The Balaban J connectivity index is 1.74. The highest BCUT2D eigenvalue weighted by atomic mass is 16.2. The van der Waals surface area contributed by atoms with Gasteiger partial charge >= 0.3 is 0 Å². The van der Waals surface area contributed by atoms with Crippen LogP contribution in [0.15, 0.2) is 54.9 Å². The number of piperidine rings is 1. The molecule has 0 radical (unpaired) electrons. The van der Waals surface area contributed by atoms with Gasteiger partial charge in [0, 0.05) is 36.9 Å². The van der Waals surface area contributed by atoms with Crippen LogP contribution < -0.4 is 0 Å². The van der Waals surface area contributed by atoms with Crippen molar-refractivity contribution in [2.45, 2.75) is 25.3 Å². The van der Waals surface area contributed by atoms with Crippen LogP contribution in [0, 0.1) is 0 Å². The zero-order chi connectivity index (χ0) is 16.5. The zero-order valence-electron chi connectivity index (χ0n) is 13.9. The minimum atomic E-state index is 0.0754. The topological polar surface area (TPSA) is 38.1 Å². The van der Waals surface area contributed by atoms with Gasteiger partial charge in [0.2, 0.25) is 0 Å². The largest absolute Gasteiger partial charge is 0.350 e. The summed E-state index contributed by atoms with van der Waals surface area (Å²) < 4.78 is 2.03. The maximum atomic E-state index is 13.3. The van der Waals surface area contributed by atoms with Gasteiger partial charge in [0.1, 0.15) is 0 Å². The van der Waals surface area contributed by atoms with Gasteiger partial charge in [0.25, 0.3) is 5.91 Å². The van der Waals surface area contributed by atoms with Crippen LogP contribution in [-0.4, -0.2) is 26.9 Å². The Morgan fingerprint density at radius 1 is 1.12 bits per heavy atom. The van der Waals surface area contributed by atoms with Gasteiger partial charge in [-0.15, -0.1) is 0 Å². The molecule has 1 atom stereocenters. The van der Waals surface area contributed by atoms with Crippen LogP contribution in [0.4, 0.5) is 0 Å². The van der Waals surface area contributed by atoms with Gasteiger partial charge in [-0.05, 0) is 37.5 Å². The third kappa shape index (κ3) is 2.48. The number of carbonyl (C=O) groups is 1. The van der Waals surface area contributed by atoms with Gasteiger partial charge in [-0.3, -0.25) is 9.78 Å². The van der Waals surface area contributed by atoms with E-state index in [1.54, 1.807) is 0 Å². The number of carbonyl (C=O) groups excluding carboxylic acids is 1. The van der Waals surface area contributed by atoms with E-state index in [9.17, 15) is 4.79 Å². The maximum absolute atomic E-state index is 13.3. The molecule has 0 saturated carbocycles. The summed E-state index contributed by atoms with van der Waals surface area (Å²) in [5, 5.41) is 1.02. The molecule has 1 fully saturated rings. The van der Waals surface area contributed by atoms with Crippen molar-refractivity contribution in [3.8, 4) is 0 Å². The minimum Gasteiger partial charge on any atom is -0.350 e. The van der Waals surface area contributed by atoms with E-state index in [2.05, 4.69) is 11.1 Å². The molecule has 4 nitrogen and oxygen atoms in total. The summed E-state index contributed by atoms with van der Waals surface area (Å²) in [6, 6.07) is 14.1. The predicted octanol–water partition coefficient (Wildman–Crippen LogP) is 3.94. The molecule has 1 amide bonds. The molecule has 0 aliphatic carbocycles. The number of benzene rings is 1. The summed E-state index contributed by atoms with van der Waals surface area (Å²) in [5.74, 6) is 0.113. The Kier molecular flexibility index (Phi) is 3.81. The Hall–Kier alpha value is -2.62. The van der Waals surface area contributed by atoms with Crippen molar-refractivity contribution in [1.29, 1.82) is 0 Å². The smallest absolute Gasteiger partial charge is 0.256 e. The van der Waals surface area contributed by atoms with Gasteiger partial charge in [0.15, 0.2) is 0 Å². The molecular formula is C20H21N3O. The molecule has 0 spiro atoms. The minimum absolute atomic E-state index is 0.0754. The van der Waals surface area contributed by atoms with Crippen LogP contribution in [0.1, 0.15) is 41.4 Å². The second-order valence-electron chi connectivity index (χ2n) is 6.44. The fourth-order valence-corrected chi connectivity index (χ4v) is 3.72. The highest BCUT2D eigenvalue weighted by Gasteiger charge is 2.30. The van der Waals surface area contributed by atoms with Crippen LogP contribution in [-0.2, 0) is 7.05 Å². The lowest BCUT2D eigenvalue weighted by molar-refractivity contribution is 0.0608. The average molecular weight is 319 g/mol. The van der Waals surface area contributed by atoms with Crippen LogP contribution in [0.3, 0.4) is 0 Å². The van der Waals surface area contributed by atoms with Gasteiger partial charge in [-0.25, -0.2) is 0 Å². The summed E-state index contributed by atoms with van der Waals surface area (Å²) in [5.41, 5.74) is 2.87. The fourth-order valence-electron chi connectivity index (χ4n) is 3.72. The summed E-state index contributed by atoms with van der Waals surface area (Å²) in [6.07, 6.45) is 6.94. The monoisotopic (exact) mass is 319 g/mol. The van der Waals surface area contributed by atoms with E-state index < -0.39 is 0 Å². The summed E-state index contributed by atoms with van der Waals surface area (Å²) in [6.45, 7) is 0.795. The van der Waals surface area contributed by atoms with E-state index in [4.69, 9.17) is 0 Å². The molecule has 122 valence electrons. The first kappa shape index (κ1) is 14.9. The third-order valence-corrected chi connectivity index (χ3v) is 4.92. The van der Waals surface area contributed by atoms with Crippen molar-refractivity contribution in [2.24, 2.45) is 7.05 Å². The maximum Gasteiger partial charge on any atom is 0.256 e. The van der Waals surface area contributed by atoms with Crippen LogP contribution >= 0.6 is 0 Å². The van der Waals surface area contributed by atoms with E-state index >= 15 is 0 Å². The molecule has 4 heteroatoms. The lowest BCUT2D eigenvalue weighted by Crippen LogP contribution is -2.38. The number of hydrogen-bond acceptors (Lipinski definition) is 2. The van der Waals surface area contributed by atoms with Crippen molar-refractivity contribution in [3.05, 3.63) is 66.1 Å². The number of para-hydroxylation sites is 1. The van der Waals surface area contributed by atoms with E-state index in [-0.39, 0.29) is 11.9 Å². The molecular weight excluding hydrogens is 298 g/mol. The standard InChI is InChI=1S/C20H21N3O/c1-22-14-16(15-8-2-3-10-18(15)22)20(24)23-13-7-5-11-19(23)17-9-4-6-12-21-17/h2-4,6,8-10,12,14,19H,5,7,11,13H2,1H3/t19-/m0/s1. The first-order valence-electron chi connectivity index (χ1n) is 8.51. The number of rotatable bonds is 2. The molecule has 3 heterocycles. The van der Waals surface area contributed by atoms with Crippen molar-refractivity contribution >= 4 is 16.8 Å². The Morgan fingerprint density at radius 3 is 2.79 bits per heavy atom. The Morgan fingerprint density at radius 2 is 1.96 bits per heavy atom. The van der Waals surface area contributed by atoms with Crippen LogP contribution in [0.2, 0.25) is 0 Å². The SMILES string of the molecule is Cn1cc(C(=O)N2CCCC[C@H]2c2ccccn2)c2ccccc21. The molecule has 24 heavy (non-hydrogen) atoms. The van der Waals surface area contributed by atoms with Crippen LogP contribution in [0.25, 0.3) is 10.9 Å². The fraction of sp³-hybridized carbons (Fsp3) is 0.300. The van der Waals surface area contributed by atoms with E-state index in [0.717, 1.165) is 48.0 Å². The normalized spacial score (nSPS) is 18.0. The predicted molar refractivity (Wildman–Crippen MR) is 94.8 cm³/mol. The van der Waals surface area contributed by atoms with E-state index in [1.807, 2.05) is 65.3 Å². The third-order valence-electron chi connectivity index (χ3n) is 4.92. The van der Waals surface area contributed by atoms with Crippen molar-refractivity contribution in [3.63, 3.8) is 0 Å². The highest BCUT2D eigenvalue weighted by molar-refractivity contribution is 6.07. The van der Waals surface area contributed by atoms with Gasteiger partial charge in [0.05, 0.1) is 17.3 Å². The number of nitrogens with zero attached hydrogens (tertiary/aromatic N) is 3. The second-order valence-corrected chi connectivity index (χ2v) is 6.44. The van der Waals surface area contributed by atoms with Gasteiger partial charge in [-0.1, -0.05) is 24.3 Å². The first-order valence-corrected chi connectivity index (χ1v) is 8.51. The number of hydrogen-bond donors (Lipinski definition) is 0. The molecule has 4 rings (SSSR count). The Bertz CT molecular complexity index is 869. The van der Waals surface area contributed by atoms with E-state index in [0.29, 0.717) is 0 Å². The molecule has 3 aromatic rings. The summed E-state index contributed by atoms with van der Waals surface area (Å²) in [7, 11) is 1.99. The van der Waals surface area contributed by atoms with Gasteiger partial charge in [-0.2, -0.15) is 0 Å². The summed E-state index contributed by atoms with van der Waals surface area (Å²) >= 11 is 0. The van der Waals surface area contributed by atoms with Crippen molar-refractivity contribution in [2.75, 3.05) is 6.54 Å². The molecule has 1 aliphatic rings. The number of amides is 1. The molecule has 1 aliphatic heterocycles. The molecule has 0 unspecified atom stereocenters. The highest BCUT2D eigenvalue weighted by Crippen LogP contribution is 2.32. The first-order chi connectivity index (χ1) is 11.8. The second kappa shape index (κ2) is 6.11. The number of likely N-dealkylation sites (tertiary alicyclic amines) is 1. The molecule has 0 bridgehead atoms. The number of aryl methyl sites for hydroxylation is 1. The molecule has 1 aromatic carbocycles. The number of pyridine rings is 1. The lowest BCUT2D eigenvalue weighted by Gasteiger charge is -2.35. The number of fused-ring (bicyclic) bond motifs is 1. The van der Waals surface area contributed by atoms with Crippen LogP contribution in [0.5, 0.6) is 0 Å². The number of aromatic nitrogens is 2. The molecule has 0 N–H and O–H groups in total. The van der Waals surface area contributed by atoms with Crippen molar-refractivity contribution < 1.29 is 4.79 Å². The molecule has 1 saturated heterocycles. The summed E-state index contributed by atoms with van der Waals surface area (Å²) in [4.78, 5) is 19.8. The van der Waals surface area contributed by atoms with E-state index in [1.165, 1.54) is 0 Å². The lowest BCUT2D eigenvalue weighted by atomic mass is 9.97. The average Bonchev–Trinajstić information content (AvgIpc) is 2.99. The van der Waals surface area contributed by atoms with Gasteiger partial charge < -0.3 is 9.47 Å².